The fraction of sp³-hybridized carbons (Fsp3) is 0.0909. The van der Waals surface area contributed by atoms with Gasteiger partial charge in [-0.25, -0.2) is 0 Å². The monoisotopic (exact) mass is 186 g/mol. The van der Waals surface area contributed by atoms with E-state index in [1.165, 1.54) is 0 Å². The number of nitrogens with one attached hydrogen (secondary N) is 1. The number of hydrogen-bond acceptors (Lipinski definition) is 3. The van der Waals surface area contributed by atoms with Crippen molar-refractivity contribution in [2.75, 3.05) is 17.6 Å². The normalized spacial score (nSPS) is 15.7. The minimum Gasteiger partial charge on any atom is -0.472 e. The Morgan fingerprint density at radius 1 is 1.43 bits per heavy atom. The van der Waals surface area contributed by atoms with Crippen LogP contribution >= 0.6 is 0 Å². The van der Waals surface area contributed by atoms with Crippen molar-refractivity contribution in [3.05, 3.63) is 28.3 Å². The van der Waals surface area contributed by atoms with E-state index >= 15 is 0 Å². The summed E-state index contributed by atoms with van der Waals surface area (Å²) in [6, 6.07) is 1.95. The third-order valence-corrected chi connectivity index (χ3v) is 2.56. The number of fused-ring (bicyclic) bond motifs is 3. The maximum absolute atomic E-state index is 5.93. The molecule has 0 amide bonds. The molecule has 0 atom stereocenters. The first-order chi connectivity index (χ1) is 6.86. The molecule has 0 fully saturated rings. The molecule has 3 nitrogen and oxygen atoms in total. The summed E-state index contributed by atoms with van der Waals surface area (Å²) < 4.78 is 5.11. The second-order valence-electron chi connectivity index (χ2n) is 3.40. The maximum Gasteiger partial charge on any atom is 0.0981 e. The summed E-state index contributed by atoms with van der Waals surface area (Å²) in [6.45, 7) is 0.852. The van der Waals surface area contributed by atoms with Gasteiger partial charge < -0.3 is 15.8 Å². The molecule has 3 heteroatoms. The summed E-state index contributed by atoms with van der Waals surface area (Å²) in [5.74, 6) is 0. The van der Waals surface area contributed by atoms with Gasteiger partial charge in [0.05, 0.1) is 18.2 Å². The van der Waals surface area contributed by atoms with Crippen LogP contribution in [0.5, 0.6) is 0 Å². The second kappa shape index (κ2) is 2.54. The first-order valence-electron chi connectivity index (χ1n) is 4.55. The average Bonchev–Trinajstić information content (AvgIpc) is 2.67. The smallest absolute Gasteiger partial charge is 0.0981 e. The van der Waals surface area contributed by atoms with E-state index in [-0.39, 0.29) is 0 Å². The van der Waals surface area contributed by atoms with Crippen LogP contribution in [0.15, 0.2) is 12.3 Å². The first-order valence-corrected chi connectivity index (χ1v) is 4.55. The van der Waals surface area contributed by atoms with E-state index in [0.717, 1.165) is 33.9 Å². The van der Waals surface area contributed by atoms with Crippen molar-refractivity contribution >= 4 is 29.8 Å². The lowest BCUT2D eigenvalue weighted by Gasteiger charge is -2.09. The maximum atomic E-state index is 5.93. The minimum atomic E-state index is 0.805. The molecule has 0 aliphatic carbocycles. The van der Waals surface area contributed by atoms with Crippen molar-refractivity contribution in [3.63, 3.8) is 0 Å². The van der Waals surface area contributed by atoms with Crippen molar-refractivity contribution in [2.24, 2.45) is 0 Å². The SMILES string of the molecule is Nc1cc2c(c3c1=CCN3)C=COC=2. The van der Waals surface area contributed by atoms with Crippen LogP contribution in [0.4, 0.5) is 11.4 Å². The van der Waals surface area contributed by atoms with Crippen LogP contribution in [0, 0.1) is 0 Å². The summed E-state index contributed by atoms with van der Waals surface area (Å²) in [5, 5.41) is 5.46. The third-order valence-electron chi connectivity index (χ3n) is 2.56. The van der Waals surface area contributed by atoms with Crippen molar-refractivity contribution in [1.82, 2.24) is 0 Å². The average molecular weight is 186 g/mol. The van der Waals surface area contributed by atoms with Gasteiger partial charge in [-0.15, -0.1) is 0 Å². The third kappa shape index (κ3) is 0.865. The Labute approximate surface area is 81.2 Å². The number of anilines is 2. The summed E-state index contributed by atoms with van der Waals surface area (Å²) >= 11 is 0. The van der Waals surface area contributed by atoms with Crippen LogP contribution < -0.4 is 21.5 Å². The van der Waals surface area contributed by atoms with E-state index in [4.69, 9.17) is 10.5 Å². The molecule has 70 valence electrons. The highest BCUT2D eigenvalue weighted by Crippen LogP contribution is 2.15. The molecule has 0 aromatic heterocycles. The van der Waals surface area contributed by atoms with Gasteiger partial charge in [-0.3, -0.25) is 0 Å². The highest BCUT2D eigenvalue weighted by Gasteiger charge is 2.11. The molecule has 0 saturated heterocycles. The van der Waals surface area contributed by atoms with Gasteiger partial charge in [0.25, 0.3) is 0 Å². The van der Waals surface area contributed by atoms with E-state index in [9.17, 15) is 0 Å². The molecule has 3 N–H and O–H groups in total. The van der Waals surface area contributed by atoms with Gasteiger partial charge in [0.15, 0.2) is 0 Å². The number of rotatable bonds is 0. The summed E-state index contributed by atoms with van der Waals surface area (Å²) in [6.07, 6.45) is 7.46. The Morgan fingerprint density at radius 2 is 2.36 bits per heavy atom. The Morgan fingerprint density at radius 3 is 3.29 bits per heavy atom. The van der Waals surface area contributed by atoms with Crippen LogP contribution in [-0.2, 0) is 4.74 Å². The molecule has 3 rings (SSSR count). The highest BCUT2D eigenvalue weighted by molar-refractivity contribution is 5.77. The fourth-order valence-corrected chi connectivity index (χ4v) is 1.92. The van der Waals surface area contributed by atoms with Crippen LogP contribution in [0.2, 0.25) is 0 Å². The number of nitrogen functional groups attached to an aromatic ring is 1. The van der Waals surface area contributed by atoms with Gasteiger partial charge in [0, 0.05) is 28.2 Å². The molecule has 2 aliphatic rings. The Balaban J connectivity index is 2.48. The van der Waals surface area contributed by atoms with Crippen molar-refractivity contribution in [2.45, 2.75) is 0 Å². The molecular weight excluding hydrogens is 176 g/mol. The van der Waals surface area contributed by atoms with Crippen LogP contribution in [-0.4, -0.2) is 6.54 Å². The number of ether oxygens (including phenoxy) is 1. The zero-order chi connectivity index (χ0) is 9.54. The van der Waals surface area contributed by atoms with E-state index in [1.54, 1.807) is 12.5 Å². The molecular formula is C11H10N2O. The Kier molecular flexibility index (Phi) is 1.36. The zero-order valence-corrected chi connectivity index (χ0v) is 7.58. The van der Waals surface area contributed by atoms with Gasteiger partial charge in [0.1, 0.15) is 0 Å². The van der Waals surface area contributed by atoms with Gasteiger partial charge in [-0.05, 0) is 12.1 Å². The van der Waals surface area contributed by atoms with Crippen molar-refractivity contribution < 1.29 is 4.74 Å². The van der Waals surface area contributed by atoms with Crippen LogP contribution in [0.3, 0.4) is 0 Å². The van der Waals surface area contributed by atoms with Crippen LogP contribution in [0.25, 0.3) is 18.4 Å². The molecule has 0 bridgehead atoms. The summed E-state index contributed by atoms with van der Waals surface area (Å²) in [7, 11) is 0. The fourth-order valence-electron chi connectivity index (χ4n) is 1.92. The predicted molar refractivity (Wildman–Crippen MR) is 57.6 cm³/mol. The molecule has 2 aliphatic heterocycles. The molecule has 0 radical (unpaired) electrons. The molecule has 1 aromatic rings. The van der Waals surface area contributed by atoms with Gasteiger partial charge in [-0.2, -0.15) is 0 Å². The summed E-state index contributed by atoms with van der Waals surface area (Å²) in [5.41, 5.74) is 9.01. The highest BCUT2D eigenvalue weighted by atomic mass is 16.5. The number of nitrogens with two attached hydrogens (primary N) is 1. The Hall–Kier alpha value is -1.90. The van der Waals surface area contributed by atoms with Gasteiger partial charge >= 0.3 is 0 Å². The minimum absolute atomic E-state index is 0.805. The van der Waals surface area contributed by atoms with E-state index in [0.29, 0.717) is 0 Å². The predicted octanol–water partition coefficient (Wildman–Crippen LogP) is 0.214. The quantitative estimate of drug-likeness (QED) is 0.569. The van der Waals surface area contributed by atoms with Crippen molar-refractivity contribution in [3.8, 4) is 0 Å². The molecule has 0 spiro atoms. The number of hydrogen-bond donors (Lipinski definition) is 2. The van der Waals surface area contributed by atoms with Gasteiger partial charge in [0.2, 0.25) is 0 Å². The lowest BCUT2D eigenvalue weighted by Crippen LogP contribution is -2.20. The van der Waals surface area contributed by atoms with Crippen LogP contribution in [0.1, 0.15) is 5.56 Å². The first kappa shape index (κ1) is 7.50. The lowest BCUT2D eigenvalue weighted by molar-refractivity contribution is 0.461. The lowest BCUT2D eigenvalue weighted by atomic mass is 10.1. The molecule has 0 unspecified atom stereocenters. The molecule has 1 aromatic carbocycles. The Bertz CT molecular complexity index is 543. The van der Waals surface area contributed by atoms with E-state index in [1.807, 2.05) is 12.1 Å². The van der Waals surface area contributed by atoms with E-state index in [2.05, 4.69) is 11.4 Å². The standard InChI is InChI=1S/C11H10N2O/c12-10-5-7-6-14-4-2-8(7)11-9(10)1-3-13-11/h1-2,4-6,13H,3,12H2. The second-order valence-corrected chi connectivity index (χ2v) is 3.40. The molecule has 14 heavy (non-hydrogen) atoms. The largest absolute Gasteiger partial charge is 0.472 e. The molecule has 0 saturated carbocycles. The van der Waals surface area contributed by atoms with Crippen molar-refractivity contribution in [1.29, 1.82) is 0 Å². The molecule has 2 heterocycles. The topological polar surface area (TPSA) is 47.3 Å². The van der Waals surface area contributed by atoms with E-state index < -0.39 is 0 Å². The number of benzene rings is 1. The van der Waals surface area contributed by atoms with Gasteiger partial charge in [-0.1, -0.05) is 6.08 Å². The zero-order valence-electron chi connectivity index (χ0n) is 7.58. The summed E-state index contributed by atoms with van der Waals surface area (Å²) in [4.78, 5) is 0.